The topological polar surface area (TPSA) is 90.2 Å². The molecule has 152 valence electrons. The zero-order chi connectivity index (χ0) is 21.1. The summed E-state index contributed by atoms with van der Waals surface area (Å²) in [7, 11) is 1.67. The molecule has 1 aromatic carbocycles. The monoisotopic (exact) mass is 421 g/mol. The highest BCUT2D eigenvalue weighted by Crippen LogP contribution is 2.22. The number of ether oxygens (including phenoxy) is 1. The Morgan fingerprint density at radius 3 is 2.73 bits per heavy atom. The number of aromatic nitrogens is 4. The number of nitrogens with zero attached hydrogens (tertiary/aromatic N) is 5. The van der Waals surface area contributed by atoms with Crippen LogP contribution < -0.4 is 0 Å². The molecule has 0 spiro atoms. The second-order valence-electron chi connectivity index (χ2n) is 6.67. The van der Waals surface area contributed by atoms with Crippen molar-refractivity contribution in [3.8, 4) is 5.82 Å². The van der Waals surface area contributed by atoms with Gasteiger partial charge < -0.3 is 9.64 Å². The molecule has 1 amide bonds. The first-order valence-electron chi connectivity index (χ1n) is 9.28. The van der Waals surface area contributed by atoms with Crippen LogP contribution in [0.25, 0.3) is 16.0 Å². The van der Waals surface area contributed by atoms with Gasteiger partial charge >= 0.3 is 5.97 Å². The maximum absolute atomic E-state index is 12.6. The van der Waals surface area contributed by atoms with Crippen molar-refractivity contribution < 1.29 is 14.3 Å². The largest absolute Gasteiger partial charge is 0.449 e. The molecule has 0 saturated carbocycles. The molecular formula is C21H19N5O3S. The van der Waals surface area contributed by atoms with Gasteiger partial charge in [-0.2, -0.15) is 5.10 Å². The highest BCUT2D eigenvalue weighted by Gasteiger charge is 2.23. The minimum atomic E-state index is -0.928. The predicted octanol–water partition coefficient (Wildman–Crippen LogP) is 3.08. The number of thiazole rings is 1. The van der Waals surface area contributed by atoms with E-state index in [1.165, 1.54) is 22.4 Å². The van der Waals surface area contributed by atoms with Crippen LogP contribution in [0.15, 0.2) is 61.1 Å². The van der Waals surface area contributed by atoms with E-state index in [0.717, 1.165) is 15.2 Å². The van der Waals surface area contributed by atoms with E-state index < -0.39 is 12.1 Å². The number of para-hydroxylation sites is 1. The molecule has 0 fully saturated rings. The van der Waals surface area contributed by atoms with E-state index >= 15 is 0 Å². The number of likely N-dealkylation sites (N-methyl/N-ethyl adjacent to an activating group) is 1. The van der Waals surface area contributed by atoms with Crippen molar-refractivity contribution in [2.45, 2.75) is 19.6 Å². The molecule has 0 radical (unpaired) electrons. The highest BCUT2D eigenvalue weighted by atomic mass is 32.1. The number of amides is 1. The molecule has 3 heterocycles. The van der Waals surface area contributed by atoms with Crippen LogP contribution in [-0.4, -0.2) is 49.7 Å². The van der Waals surface area contributed by atoms with Gasteiger partial charge in [-0.05, 0) is 37.3 Å². The average molecular weight is 421 g/mol. The van der Waals surface area contributed by atoms with Gasteiger partial charge in [0.15, 0.2) is 11.9 Å². The second kappa shape index (κ2) is 8.42. The summed E-state index contributed by atoms with van der Waals surface area (Å²) in [5, 5.41) is 4.91. The number of fused-ring (bicyclic) bond motifs is 1. The first-order valence-corrected chi connectivity index (χ1v) is 10.1. The number of benzene rings is 1. The lowest BCUT2D eigenvalue weighted by Gasteiger charge is -2.20. The van der Waals surface area contributed by atoms with Crippen molar-refractivity contribution in [1.29, 1.82) is 0 Å². The van der Waals surface area contributed by atoms with Crippen LogP contribution in [-0.2, 0) is 16.1 Å². The van der Waals surface area contributed by atoms with Gasteiger partial charge in [-0.3, -0.25) is 4.79 Å². The Hall–Kier alpha value is -3.59. The van der Waals surface area contributed by atoms with Crippen LogP contribution in [0.5, 0.6) is 0 Å². The quantitative estimate of drug-likeness (QED) is 0.445. The van der Waals surface area contributed by atoms with Gasteiger partial charge in [0.25, 0.3) is 5.91 Å². The van der Waals surface area contributed by atoms with Crippen LogP contribution in [0.2, 0.25) is 0 Å². The predicted molar refractivity (Wildman–Crippen MR) is 112 cm³/mol. The molecule has 30 heavy (non-hydrogen) atoms. The summed E-state index contributed by atoms with van der Waals surface area (Å²) in [5.74, 6) is -0.330. The fraction of sp³-hybridized carbons (Fsp3) is 0.190. The SMILES string of the molecule is CC(OC(=O)c1ccc(-n2cccn2)nc1)C(=O)N(C)Cc1nc2ccccc2s1. The zero-order valence-electron chi connectivity index (χ0n) is 16.4. The van der Waals surface area contributed by atoms with E-state index in [9.17, 15) is 9.59 Å². The van der Waals surface area contributed by atoms with Gasteiger partial charge in [0.05, 0.1) is 22.3 Å². The van der Waals surface area contributed by atoms with Crippen molar-refractivity contribution in [2.24, 2.45) is 0 Å². The van der Waals surface area contributed by atoms with Crippen molar-refractivity contribution >= 4 is 33.4 Å². The molecule has 0 saturated heterocycles. The Labute approximate surface area is 176 Å². The third-order valence-corrected chi connectivity index (χ3v) is 5.46. The molecule has 0 aliphatic heterocycles. The molecule has 0 aliphatic rings. The minimum Gasteiger partial charge on any atom is -0.449 e. The number of carbonyl (C=O) groups is 2. The van der Waals surface area contributed by atoms with E-state index in [0.29, 0.717) is 12.4 Å². The van der Waals surface area contributed by atoms with Gasteiger partial charge in [-0.1, -0.05) is 12.1 Å². The fourth-order valence-corrected chi connectivity index (χ4v) is 3.93. The van der Waals surface area contributed by atoms with E-state index in [-0.39, 0.29) is 11.5 Å². The normalized spacial score (nSPS) is 11.9. The Kier molecular flexibility index (Phi) is 5.53. The van der Waals surface area contributed by atoms with E-state index in [4.69, 9.17) is 4.74 Å². The maximum Gasteiger partial charge on any atom is 0.340 e. The van der Waals surface area contributed by atoms with Gasteiger partial charge in [0.2, 0.25) is 0 Å². The Bertz CT molecular complexity index is 1140. The van der Waals surface area contributed by atoms with Crippen LogP contribution >= 0.6 is 11.3 Å². The van der Waals surface area contributed by atoms with Gasteiger partial charge in [0, 0.05) is 25.6 Å². The zero-order valence-corrected chi connectivity index (χ0v) is 17.2. The maximum atomic E-state index is 12.6. The third kappa shape index (κ3) is 4.20. The van der Waals surface area contributed by atoms with E-state index in [2.05, 4.69) is 15.1 Å². The van der Waals surface area contributed by atoms with Gasteiger partial charge in [-0.25, -0.2) is 19.4 Å². The van der Waals surface area contributed by atoms with Crippen molar-refractivity contribution in [3.05, 3.63) is 71.6 Å². The molecule has 4 aromatic rings. The molecule has 8 nitrogen and oxygen atoms in total. The Morgan fingerprint density at radius 2 is 2.03 bits per heavy atom. The van der Waals surface area contributed by atoms with Crippen LogP contribution in [0.1, 0.15) is 22.3 Å². The van der Waals surface area contributed by atoms with Gasteiger partial charge in [0.1, 0.15) is 5.01 Å². The fourth-order valence-electron chi connectivity index (χ4n) is 2.90. The molecule has 9 heteroatoms. The summed E-state index contributed by atoms with van der Waals surface area (Å²) in [6.45, 7) is 1.90. The van der Waals surface area contributed by atoms with Crippen molar-refractivity contribution in [3.63, 3.8) is 0 Å². The number of pyridine rings is 1. The first-order chi connectivity index (χ1) is 14.5. The summed E-state index contributed by atoms with van der Waals surface area (Å²) in [5.41, 5.74) is 1.17. The summed E-state index contributed by atoms with van der Waals surface area (Å²) in [6, 6.07) is 12.9. The molecule has 0 N–H and O–H groups in total. The number of rotatable bonds is 6. The van der Waals surface area contributed by atoms with Crippen LogP contribution in [0.3, 0.4) is 0 Å². The van der Waals surface area contributed by atoms with Gasteiger partial charge in [-0.15, -0.1) is 11.3 Å². The molecule has 0 aliphatic carbocycles. The van der Waals surface area contributed by atoms with Crippen molar-refractivity contribution in [2.75, 3.05) is 7.05 Å². The minimum absolute atomic E-state index is 0.263. The summed E-state index contributed by atoms with van der Waals surface area (Å²) in [6.07, 6.45) is 3.87. The standard InChI is InChI=1S/C21H19N5O3S/c1-14(20(27)25(2)13-19-24-16-6-3-4-7-17(16)30-19)29-21(28)15-8-9-18(22-12-15)26-11-5-10-23-26/h3-12,14H,13H2,1-2H3. The lowest BCUT2D eigenvalue weighted by Crippen LogP contribution is -2.37. The number of carbonyl (C=O) groups excluding carboxylic acids is 2. The average Bonchev–Trinajstić information content (AvgIpc) is 3.42. The van der Waals surface area contributed by atoms with Crippen molar-refractivity contribution in [1.82, 2.24) is 24.6 Å². The van der Waals surface area contributed by atoms with E-state index in [1.807, 2.05) is 24.3 Å². The second-order valence-corrected chi connectivity index (χ2v) is 7.79. The lowest BCUT2D eigenvalue weighted by molar-refractivity contribution is -0.139. The molecule has 3 aromatic heterocycles. The third-order valence-electron chi connectivity index (χ3n) is 4.44. The number of hydrogen-bond acceptors (Lipinski definition) is 7. The molecule has 1 unspecified atom stereocenters. The first kappa shape index (κ1) is 19.7. The molecule has 1 atom stereocenters. The summed E-state index contributed by atoms with van der Waals surface area (Å²) >= 11 is 1.54. The molecule has 4 rings (SSSR count). The summed E-state index contributed by atoms with van der Waals surface area (Å²) in [4.78, 5) is 35.3. The lowest BCUT2D eigenvalue weighted by atomic mass is 10.2. The number of esters is 1. The Morgan fingerprint density at radius 1 is 1.20 bits per heavy atom. The highest BCUT2D eigenvalue weighted by molar-refractivity contribution is 7.18. The molecule has 0 bridgehead atoms. The Balaban J connectivity index is 1.36. The smallest absolute Gasteiger partial charge is 0.340 e. The number of hydrogen-bond donors (Lipinski definition) is 0. The summed E-state index contributed by atoms with van der Waals surface area (Å²) < 4.78 is 7.99. The van der Waals surface area contributed by atoms with Crippen LogP contribution in [0, 0.1) is 0 Å². The van der Waals surface area contributed by atoms with E-state index in [1.54, 1.807) is 49.2 Å². The molecular weight excluding hydrogens is 402 g/mol. The van der Waals surface area contributed by atoms with Crippen LogP contribution in [0.4, 0.5) is 0 Å².